The smallest absolute Gasteiger partial charge is 0.272 e. The number of nitrogens with zero attached hydrogens (tertiary/aromatic N) is 1. The second-order valence-corrected chi connectivity index (χ2v) is 9.93. The molecule has 2 aromatic carbocycles. The SMILES string of the molecule is CC(C)C(NC(=O)Cc1n[nH]c(=O)c2ccccc12)C(=O)NCCC(c1ccc(Cl)cc1)C(C)C. The number of aromatic amines is 1. The number of aromatic nitrogens is 2. The molecule has 3 rings (SSSR count). The molecule has 7 nitrogen and oxygen atoms in total. The van der Waals surface area contributed by atoms with E-state index in [-0.39, 0.29) is 35.6 Å². The van der Waals surface area contributed by atoms with Crippen molar-refractivity contribution in [3.05, 3.63) is 75.2 Å². The maximum Gasteiger partial charge on any atom is 0.272 e. The third kappa shape index (κ3) is 6.92. The van der Waals surface area contributed by atoms with E-state index in [2.05, 4.69) is 34.7 Å². The van der Waals surface area contributed by atoms with Crippen LogP contribution in [-0.4, -0.2) is 34.6 Å². The number of hydrogen-bond donors (Lipinski definition) is 3. The summed E-state index contributed by atoms with van der Waals surface area (Å²) >= 11 is 6.02. The molecule has 0 saturated heterocycles. The Morgan fingerprint density at radius 3 is 2.26 bits per heavy atom. The molecular formula is C27H33ClN4O3. The summed E-state index contributed by atoms with van der Waals surface area (Å²) < 4.78 is 0. The number of nitrogens with one attached hydrogen (secondary N) is 3. The molecule has 3 N–H and O–H groups in total. The van der Waals surface area contributed by atoms with Gasteiger partial charge in [-0.15, -0.1) is 0 Å². The summed E-state index contributed by atoms with van der Waals surface area (Å²) in [7, 11) is 0. The monoisotopic (exact) mass is 496 g/mol. The third-order valence-electron chi connectivity index (χ3n) is 6.23. The van der Waals surface area contributed by atoms with Gasteiger partial charge in [0.15, 0.2) is 0 Å². The van der Waals surface area contributed by atoms with E-state index in [0.29, 0.717) is 34.0 Å². The van der Waals surface area contributed by atoms with E-state index in [4.69, 9.17) is 11.6 Å². The van der Waals surface area contributed by atoms with Crippen LogP contribution in [0.25, 0.3) is 10.8 Å². The van der Waals surface area contributed by atoms with Crippen molar-refractivity contribution < 1.29 is 9.59 Å². The highest BCUT2D eigenvalue weighted by Crippen LogP contribution is 2.28. The molecule has 35 heavy (non-hydrogen) atoms. The predicted octanol–water partition coefficient (Wildman–Crippen LogP) is 4.21. The van der Waals surface area contributed by atoms with E-state index < -0.39 is 6.04 Å². The minimum Gasteiger partial charge on any atom is -0.354 e. The van der Waals surface area contributed by atoms with Crippen molar-refractivity contribution in [2.75, 3.05) is 6.54 Å². The van der Waals surface area contributed by atoms with Crippen LogP contribution < -0.4 is 16.2 Å². The lowest BCUT2D eigenvalue weighted by molar-refractivity contribution is -0.129. The Labute approximate surface area is 210 Å². The van der Waals surface area contributed by atoms with Crippen LogP contribution >= 0.6 is 11.6 Å². The Hall–Kier alpha value is -3.19. The fraction of sp³-hybridized carbons (Fsp3) is 0.407. The van der Waals surface area contributed by atoms with Crippen molar-refractivity contribution in [3.8, 4) is 0 Å². The summed E-state index contributed by atoms with van der Waals surface area (Å²) in [6.45, 7) is 8.60. The van der Waals surface area contributed by atoms with Crippen molar-refractivity contribution >= 4 is 34.2 Å². The van der Waals surface area contributed by atoms with Crippen LogP contribution in [0.15, 0.2) is 53.3 Å². The second kappa shape index (κ2) is 12.0. The second-order valence-electron chi connectivity index (χ2n) is 9.49. The van der Waals surface area contributed by atoms with E-state index in [1.807, 2.05) is 38.1 Å². The molecule has 0 saturated carbocycles. The lowest BCUT2D eigenvalue weighted by Gasteiger charge is -2.24. The summed E-state index contributed by atoms with van der Waals surface area (Å²) in [6, 6.07) is 14.2. The van der Waals surface area contributed by atoms with Crippen molar-refractivity contribution in [3.63, 3.8) is 0 Å². The predicted molar refractivity (Wildman–Crippen MR) is 139 cm³/mol. The number of benzene rings is 2. The molecule has 186 valence electrons. The minimum atomic E-state index is -0.676. The van der Waals surface area contributed by atoms with E-state index in [1.54, 1.807) is 24.3 Å². The van der Waals surface area contributed by atoms with Gasteiger partial charge in [0.2, 0.25) is 11.8 Å². The molecule has 2 atom stereocenters. The highest BCUT2D eigenvalue weighted by molar-refractivity contribution is 6.30. The Kier molecular flexibility index (Phi) is 9.04. The first kappa shape index (κ1) is 26.4. The average Bonchev–Trinajstić information content (AvgIpc) is 2.82. The maximum absolute atomic E-state index is 13.0. The molecule has 0 radical (unpaired) electrons. The van der Waals surface area contributed by atoms with E-state index in [1.165, 1.54) is 5.56 Å². The lowest BCUT2D eigenvalue weighted by Crippen LogP contribution is -2.50. The van der Waals surface area contributed by atoms with Crippen molar-refractivity contribution in [1.29, 1.82) is 0 Å². The first-order chi connectivity index (χ1) is 16.7. The van der Waals surface area contributed by atoms with Crippen LogP contribution in [0.2, 0.25) is 5.02 Å². The third-order valence-corrected chi connectivity index (χ3v) is 6.48. The van der Waals surface area contributed by atoms with E-state index in [9.17, 15) is 14.4 Å². The number of hydrogen-bond acceptors (Lipinski definition) is 4. The Balaban J connectivity index is 1.61. The van der Waals surface area contributed by atoms with Gasteiger partial charge in [0, 0.05) is 17.0 Å². The Bertz CT molecular complexity index is 1220. The van der Waals surface area contributed by atoms with Gasteiger partial charge in [-0.3, -0.25) is 14.4 Å². The van der Waals surface area contributed by atoms with Gasteiger partial charge in [-0.05, 0) is 47.9 Å². The molecule has 0 aliphatic carbocycles. The summed E-state index contributed by atoms with van der Waals surface area (Å²) in [5, 5.41) is 14.1. The molecule has 2 unspecified atom stereocenters. The number of fused-ring (bicyclic) bond motifs is 1. The summed E-state index contributed by atoms with van der Waals surface area (Å²) in [4.78, 5) is 37.8. The van der Waals surface area contributed by atoms with Crippen LogP contribution in [0.3, 0.4) is 0 Å². The summed E-state index contributed by atoms with van der Waals surface area (Å²) in [6.07, 6.45) is 0.733. The number of carbonyl (C=O) groups excluding carboxylic acids is 2. The molecule has 8 heteroatoms. The quantitative estimate of drug-likeness (QED) is 0.391. The number of carbonyl (C=O) groups is 2. The van der Waals surface area contributed by atoms with Crippen LogP contribution in [-0.2, 0) is 16.0 Å². The zero-order chi connectivity index (χ0) is 25.5. The molecule has 2 amide bonds. The highest BCUT2D eigenvalue weighted by atomic mass is 35.5. The Morgan fingerprint density at radius 2 is 1.63 bits per heavy atom. The van der Waals surface area contributed by atoms with Gasteiger partial charge in [0.1, 0.15) is 6.04 Å². The zero-order valence-electron chi connectivity index (χ0n) is 20.6. The van der Waals surface area contributed by atoms with Crippen LogP contribution in [0.4, 0.5) is 0 Å². The number of halogens is 1. The highest BCUT2D eigenvalue weighted by Gasteiger charge is 2.25. The van der Waals surface area contributed by atoms with Crippen LogP contribution in [0.1, 0.15) is 51.3 Å². The fourth-order valence-electron chi connectivity index (χ4n) is 4.27. The van der Waals surface area contributed by atoms with Gasteiger partial charge >= 0.3 is 0 Å². The molecule has 0 aliphatic rings. The fourth-order valence-corrected chi connectivity index (χ4v) is 4.40. The van der Waals surface area contributed by atoms with Gasteiger partial charge in [0.25, 0.3) is 5.56 Å². The zero-order valence-corrected chi connectivity index (χ0v) is 21.4. The number of rotatable bonds is 10. The van der Waals surface area contributed by atoms with E-state index >= 15 is 0 Å². The Morgan fingerprint density at radius 1 is 0.971 bits per heavy atom. The minimum absolute atomic E-state index is 0.0419. The topological polar surface area (TPSA) is 104 Å². The molecule has 0 fully saturated rings. The van der Waals surface area contributed by atoms with Crippen molar-refractivity contribution in [1.82, 2.24) is 20.8 Å². The van der Waals surface area contributed by atoms with Gasteiger partial charge in [-0.2, -0.15) is 5.10 Å². The number of H-pyrrole nitrogens is 1. The standard InChI is InChI=1S/C27H33ClN4O3/c1-16(2)20(18-9-11-19(28)12-10-18)13-14-29-27(35)25(17(3)4)30-24(33)15-23-21-7-5-6-8-22(21)26(34)32-31-23/h5-12,16-17,20,25H,13-15H2,1-4H3,(H,29,35)(H,30,33)(H,32,34). The molecule has 0 aliphatic heterocycles. The van der Waals surface area contributed by atoms with Gasteiger partial charge in [-0.25, -0.2) is 5.10 Å². The maximum atomic E-state index is 13.0. The lowest BCUT2D eigenvalue weighted by atomic mass is 9.86. The summed E-state index contributed by atoms with van der Waals surface area (Å²) in [5.41, 5.74) is 1.35. The van der Waals surface area contributed by atoms with Crippen LogP contribution in [0, 0.1) is 11.8 Å². The largest absolute Gasteiger partial charge is 0.354 e. The average molecular weight is 497 g/mol. The van der Waals surface area contributed by atoms with Gasteiger partial charge < -0.3 is 10.6 Å². The van der Waals surface area contributed by atoms with Crippen LogP contribution in [0.5, 0.6) is 0 Å². The normalized spacial score (nSPS) is 13.1. The molecule has 0 bridgehead atoms. The summed E-state index contributed by atoms with van der Waals surface area (Å²) in [5.74, 6) is 0.0278. The van der Waals surface area contributed by atoms with Gasteiger partial charge in [-0.1, -0.05) is 69.6 Å². The van der Waals surface area contributed by atoms with Gasteiger partial charge in [0.05, 0.1) is 17.5 Å². The van der Waals surface area contributed by atoms with Crippen molar-refractivity contribution in [2.24, 2.45) is 11.8 Å². The molecule has 1 heterocycles. The van der Waals surface area contributed by atoms with Crippen molar-refractivity contribution in [2.45, 2.75) is 52.5 Å². The van der Waals surface area contributed by atoms with E-state index in [0.717, 1.165) is 6.42 Å². The number of amides is 2. The molecular weight excluding hydrogens is 464 g/mol. The molecule has 0 spiro atoms. The molecule has 1 aromatic heterocycles. The first-order valence-corrected chi connectivity index (χ1v) is 12.3. The first-order valence-electron chi connectivity index (χ1n) is 12.0. The molecule has 3 aromatic rings.